The third-order valence-electron chi connectivity index (χ3n) is 4.34. The predicted octanol–water partition coefficient (Wildman–Crippen LogP) is 5.34. The number of carbonyl (C=O) groups excluding carboxylic acids is 1. The number of hydrogen-bond acceptors (Lipinski definition) is 10. The number of fused-ring (bicyclic) bond motifs is 3. The Morgan fingerprint density at radius 1 is 0.848 bits per heavy atom. The van der Waals surface area contributed by atoms with Gasteiger partial charge in [0.2, 0.25) is 11.4 Å². The van der Waals surface area contributed by atoms with Gasteiger partial charge in [-0.1, -0.05) is 30.3 Å². The summed E-state index contributed by atoms with van der Waals surface area (Å²) < 4.78 is 8.22. The van der Waals surface area contributed by atoms with Crippen LogP contribution in [0.2, 0.25) is 0 Å². The fourth-order valence-corrected chi connectivity index (χ4v) is 5.17. The molecule has 4 rings (SSSR count). The Hall–Kier alpha value is -4.81. The molecule has 33 heavy (non-hydrogen) atoms. The second kappa shape index (κ2) is 9.13. The zero-order valence-electron chi connectivity index (χ0n) is 16.5. The molecule has 0 aliphatic heterocycles. The van der Waals surface area contributed by atoms with Crippen LogP contribution in [0.5, 0.6) is 0 Å². The summed E-state index contributed by atoms with van der Waals surface area (Å²) in [6.07, 6.45) is -0.637. The third-order valence-corrected chi connectivity index (χ3v) is 6.54. The van der Waals surface area contributed by atoms with Crippen LogP contribution in [0, 0.1) is 45.3 Å². The number of benzene rings is 1. The highest BCUT2D eigenvalue weighted by Gasteiger charge is 2.23. The van der Waals surface area contributed by atoms with E-state index < -0.39 is 6.09 Å². The molecule has 0 saturated heterocycles. The van der Waals surface area contributed by atoms with E-state index in [-0.39, 0.29) is 18.0 Å². The van der Waals surface area contributed by atoms with E-state index in [1.54, 1.807) is 36.4 Å². The third kappa shape index (κ3) is 4.19. The van der Waals surface area contributed by atoms with Crippen LogP contribution in [0.3, 0.4) is 0 Å². The summed E-state index contributed by atoms with van der Waals surface area (Å²) in [6.45, 7) is 0.0607. The number of carbonyl (C=O) groups is 1. The Labute approximate surface area is 194 Å². The van der Waals surface area contributed by atoms with Crippen molar-refractivity contribution in [1.29, 1.82) is 21.0 Å². The molecule has 0 unspecified atom stereocenters. The highest BCUT2D eigenvalue weighted by Crippen LogP contribution is 2.45. The zero-order chi connectivity index (χ0) is 23.4. The fraction of sp³-hybridized carbons (Fsp3) is 0.0455. The largest absolute Gasteiger partial charge is 0.444 e. The Kier molecular flexibility index (Phi) is 5.93. The second-order valence-electron chi connectivity index (χ2n) is 6.34. The number of aromatic nitrogens is 1. The van der Waals surface area contributed by atoms with Crippen LogP contribution in [-0.2, 0) is 11.3 Å². The van der Waals surface area contributed by atoms with Gasteiger partial charge in [0.05, 0.1) is 20.4 Å². The molecule has 3 heterocycles. The van der Waals surface area contributed by atoms with Gasteiger partial charge >= 0.3 is 6.09 Å². The lowest BCUT2D eigenvalue weighted by atomic mass is 10.2. The van der Waals surface area contributed by atoms with E-state index in [4.69, 9.17) is 25.8 Å². The van der Waals surface area contributed by atoms with Crippen molar-refractivity contribution < 1.29 is 9.53 Å². The molecule has 156 valence electrons. The first-order valence-electron chi connectivity index (χ1n) is 9.14. The van der Waals surface area contributed by atoms with Crippen LogP contribution in [0.25, 0.3) is 20.4 Å². The highest BCUT2D eigenvalue weighted by molar-refractivity contribution is 7.30. The van der Waals surface area contributed by atoms with Crippen molar-refractivity contribution in [1.82, 2.24) is 4.57 Å². The van der Waals surface area contributed by atoms with Gasteiger partial charge in [-0.25, -0.2) is 19.3 Å². The number of nitrogens with zero attached hydrogens (tertiary/aromatic N) is 7. The van der Waals surface area contributed by atoms with Gasteiger partial charge in [-0.05, 0) is 17.7 Å². The Morgan fingerprint density at radius 2 is 1.33 bits per heavy atom. The molecule has 0 aliphatic carbocycles. The van der Waals surface area contributed by atoms with Crippen LogP contribution >= 0.6 is 22.7 Å². The lowest BCUT2D eigenvalue weighted by Gasteiger charge is -2.07. The number of rotatable bonds is 4. The Morgan fingerprint density at radius 3 is 1.79 bits per heavy atom. The maximum Gasteiger partial charge on any atom is 0.419 e. The fourth-order valence-electron chi connectivity index (χ4n) is 2.99. The molecule has 4 aromatic rings. The van der Waals surface area contributed by atoms with E-state index in [1.807, 2.05) is 30.3 Å². The lowest BCUT2D eigenvalue weighted by molar-refractivity contribution is 0.143. The molecule has 0 bridgehead atoms. The van der Waals surface area contributed by atoms with E-state index in [0.29, 0.717) is 30.4 Å². The summed E-state index contributed by atoms with van der Waals surface area (Å²) in [5, 5.41) is 36.7. The molecular formula is C22H9N7O2S2. The average Bonchev–Trinajstić information content (AvgIpc) is 3.50. The summed E-state index contributed by atoms with van der Waals surface area (Å²) >= 11 is 2.39. The number of aliphatic imine (C=N–C) groups is 2. The normalized spacial score (nSPS) is 9.94. The molecule has 9 nitrogen and oxygen atoms in total. The summed E-state index contributed by atoms with van der Waals surface area (Å²) in [5.74, 6) is 0. The molecule has 11 heteroatoms. The number of hydrogen-bond donors (Lipinski definition) is 0. The molecule has 0 amide bonds. The molecular weight excluding hydrogens is 458 g/mol. The molecule has 0 N–H and O–H groups in total. The molecule has 0 saturated carbocycles. The topological polar surface area (TPSA) is 151 Å². The molecule has 3 aromatic heterocycles. The maximum atomic E-state index is 13.1. The molecule has 0 fully saturated rings. The lowest BCUT2D eigenvalue weighted by Crippen LogP contribution is -2.12. The molecule has 0 spiro atoms. The first-order chi connectivity index (χ1) is 16.1. The smallest absolute Gasteiger partial charge is 0.419 e. The van der Waals surface area contributed by atoms with E-state index in [9.17, 15) is 4.79 Å². The van der Waals surface area contributed by atoms with Crippen molar-refractivity contribution in [2.24, 2.45) is 9.98 Å². The van der Waals surface area contributed by atoms with Crippen LogP contribution in [0.4, 0.5) is 14.8 Å². The van der Waals surface area contributed by atoms with Crippen molar-refractivity contribution in [3.8, 4) is 24.3 Å². The summed E-state index contributed by atoms with van der Waals surface area (Å²) in [6, 6.07) is 19.2. The number of nitriles is 4. The van der Waals surface area contributed by atoms with Crippen molar-refractivity contribution in [3.05, 3.63) is 48.0 Å². The Bertz CT molecular complexity index is 1500. The van der Waals surface area contributed by atoms with Gasteiger partial charge in [0.25, 0.3) is 0 Å². The summed E-state index contributed by atoms with van der Waals surface area (Å²) in [5.41, 5.74) is 1.21. The highest BCUT2D eigenvalue weighted by atomic mass is 32.1. The van der Waals surface area contributed by atoms with Gasteiger partial charge in [-0.2, -0.15) is 21.0 Å². The van der Waals surface area contributed by atoms with Crippen molar-refractivity contribution >= 4 is 70.6 Å². The standard InChI is InChI=1S/C22H9N7O2S2/c23-8-14(9-24)27-18-6-16-20(32-18)21-17(7-19(33-21)28-15(10-25)11-26)29(16)22(30)31-12-13-4-2-1-3-5-13/h1-7H,12H2. The SMILES string of the molecule is N#CC(C#N)=Nc1cc2c(s1)c1sc(N=C(C#N)C#N)cc1n2C(=O)OCc1ccccc1. The molecule has 0 aliphatic rings. The molecule has 0 atom stereocenters. The number of ether oxygens (including phenoxy) is 1. The van der Waals surface area contributed by atoms with Gasteiger partial charge in [-0.15, -0.1) is 22.7 Å². The molecule has 1 aromatic carbocycles. The summed E-state index contributed by atoms with van der Waals surface area (Å²) in [7, 11) is 0. The van der Waals surface area contributed by atoms with Gasteiger partial charge < -0.3 is 4.74 Å². The zero-order valence-corrected chi connectivity index (χ0v) is 18.1. The van der Waals surface area contributed by atoms with Crippen LogP contribution in [0.15, 0.2) is 52.4 Å². The minimum absolute atomic E-state index is 0.0607. The maximum absolute atomic E-state index is 13.1. The van der Waals surface area contributed by atoms with Gasteiger partial charge in [0.15, 0.2) is 0 Å². The quantitative estimate of drug-likeness (QED) is 0.369. The van der Waals surface area contributed by atoms with Crippen molar-refractivity contribution in [3.63, 3.8) is 0 Å². The monoisotopic (exact) mass is 467 g/mol. The summed E-state index contributed by atoms with van der Waals surface area (Å²) in [4.78, 5) is 21.1. The number of thiophene rings is 2. The van der Waals surface area contributed by atoms with E-state index in [0.717, 1.165) is 5.56 Å². The van der Waals surface area contributed by atoms with Crippen LogP contribution in [-0.4, -0.2) is 22.1 Å². The first kappa shape index (κ1) is 21.4. The second-order valence-corrected chi connectivity index (χ2v) is 8.40. The van der Waals surface area contributed by atoms with Crippen LogP contribution < -0.4 is 0 Å². The first-order valence-corrected chi connectivity index (χ1v) is 10.8. The average molecular weight is 467 g/mol. The Balaban J connectivity index is 1.84. The van der Waals surface area contributed by atoms with Gasteiger partial charge in [-0.3, -0.25) is 0 Å². The van der Waals surface area contributed by atoms with E-state index in [2.05, 4.69) is 9.98 Å². The van der Waals surface area contributed by atoms with Gasteiger partial charge in [0.1, 0.15) is 40.9 Å². The minimum atomic E-state index is -0.637. The van der Waals surface area contributed by atoms with Crippen molar-refractivity contribution in [2.45, 2.75) is 6.61 Å². The molecule has 0 radical (unpaired) electrons. The predicted molar refractivity (Wildman–Crippen MR) is 124 cm³/mol. The van der Waals surface area contributed by atoms with E-state index >= 15 is 0 Å². The van der Waals surface area contributed by atoms with E-state index in [1.165, 1.54) is 27.2 Å². The van der Waals surface area contributed by atoms with Gasteiger partial charge in [0, 0.05) is 0 Å². The van der Waals surface area contributed by atoms with Crippen LogP contribution in [0.1, 0.15) is 5.56 Å². The van der Waals surface area contributed by atoms with Crippen molar-refractivity contribution in [2.75, 3.05) is 0 Å². The minimum Gasteiger partial charge on any atom is -0.444 e.